The molecule has 0 radical (unpaired) electrons. The molecule has 4 aromatic rings. The Hall–Kier alpha value is -5.05. The number of carboxylic acids is 1. The van der Waals surface area contributed by atoms with Crippen LogP contribution in [-0.4, -0.2) is 159 Å². The number of allylic oxidation sites excluding steroid dienone is 6. The number of hydrogen-bond acceptors (Lipinski definition) is 17. The maximum Gasteiger partial charge on any atom is 0.303 e. The number of ether oxygens (including phenoxy) is 4. The maximum absolute atomic E-state index is 12.8. The molecule has 0 spiro atoms. The quantitative estimate of drug-likeness (QED) is 0.0186. The van der Waals surface area contributed by atoms with Gasteiger partial charge in [0.05, 0.1) is 52.3 Å². The number of anilines is 1. The van der Waals surface area contributed by atoms with E-state index in [2.05, 4.69) is 0 Å². The molecule has 0 saturated carbocycles. The SMILES string of the molecule is COCCOCCC1(C)C(/C=C/C=C/C=C2/N(CCCCCC(=O)O)c3ccc4c(S(=O)(=O)[O-])cc(S(=O)(=O)O)cc4c3C2(C)CCOCCOC)=[N+](CCCS(=O)(=O)O)c2ccc3c(S(=O)(=O)O)cc(S(=O)(=O)O)cc3c21. The van der Waals surface area contributed by atoms with Gasteiger partial charge in [-0.1, -0.05) is 30.7 Å². The van der Waals surface area contributed by atoms with E-state index in [1.165, 1.54) is 32.4 Å². The van der Waals surface area contributed by atoms with E-state index in [0.29, 0.717) is 65.3 Å². The van der Waals surface area contributed by atoms with Crippen molar-refractivity contribution >= 4 is 95.2 Å². The molecule has 6 rings (SSSR count). The zero-order valence-electron chi connectivity index (χ0n) is 43.0. The fraction of sp³-hybridized carbons (Fsp3) is 0.440. The summed E-state index contributed by atoms with van der Waals surface area (Å²) in [5.41, 5.74) is 0.188. The molecule has 4 aromatic carbocycles. The average molecular weight is 1190 g/mol. The van der Waals surface area contributed by atoms with Gasteiger partial charge in [-0.3, -0.25) is 23.0 Å². The number of unbranched alkanes of at least 4 members (excludes halogenated alkanes) is 2. The van der Waals surface area contributed by atoms with E-state index in [1.54, 1.807) is 47.9 Å². The lowest BCUT2D eigenvalue weighted by Crippen LogP contribution is -2.33. The molecule has 2 aliphatic heterocycles. The summed E-state index contributed by atoms with van der Waals surface area (Å²) in [6.45, 7) is 4.72. The van der Waals surface area contributed by atoms with Crippen LogP contribution in [0.4, 0.5) is 11.4 Å². The van der Waals surface area contributed by atoms with E-state index in [0.717, 1.165) is 12.1 Å². The largest absolute Gasteiger partial charge is 0.744 e. The molecule has 2 unspecified atom stereocenters. The topological polar surface area (TPSA) is 355 Å². The van der Waals surface area contributed by atoms with Crippen molar-refractivity contribution in [1.29, 1.82) is 0 Å². The number of hydrogen-bond donors (Lipinski definition) is 5. The molecule has 2 heterocycles. The first-order chi connectivity index (χ1) is 36.4. The number of aliphatic carboxylic acids is 1. The van der Waals surface area contributed by atoms with Gasteiger partial charge in [0.1, 0.15) is 21.6 Å². The van der Waals surface area contributed by atoms with Crippen LogP contribution in [0.25, 0.3) is 21.5 Å². The van der Waals surface area contributed by atoms with Crippen molar-refractivity contribution < 1.29 is 98.3 Å². The van der Waals surface area contributed by atoms with Crippen molar-refractivity contribution in [2.24, 2.45) is 0 Å². The Labute approximate surface area is 453 Å². The lowest BCUT2D eigenvalue weighted by Gasteiger charge is -2.31. The van der Waals surface area contributed by atoms with Gasteiger partial charge < -0.3 is 33.5 Å². The predicted molar refractivity (Wildman–Crippen MR) is 285 cm³/mol. The van der Waals surface area contributed by atoms with Crippen LogP contribution in [0.15, 0.2) is 104 Å². The lowest BCUT2D eigenvalue weighted by atomic mass is 9.75. The molecule has 428 valence electrons. The van der Waals surface area contributed by atoms with E-state index < -0.39 is 92.7 Å². The van der Waals surface area contributed by atoms with E-state index in [-0.39, 0.29) is 100.0 Å². The smallest absolute Gasteiger partial charge is 0.303 e. The van der Waals surface area contributed by atoms with Crippen molar-refractivity contribution in [2.75, 3.05) is 77.6 Å². The standard InChI is InChI=1S/C50H62N2O21S5/c1-49(19-23-72-27-25-70-3)44(51(21-10-6-9-14-46(53)54)40-17-15-36-38(47(40)49)30-34(75(58,59)60)32-42(36)77(64,65)66)12-7-5-8-13-45-50(2,20-24-73-28-26-71-4)48-39-31-35(76(61,62)63)33-43(78(67,68)69)37(39)16-18-41(48)52(45)22-11-29-74(55,56)57/h5,7-8,12-13,15-18,30-33H,6,9-11,14,19-29H2,1-4H3,(H5-,53,54,55,56,57,58,59,60,61,62,63,64,65,66,67,68,69). The summed E-state index contributed by atoms with van der Waals surface area (Å²) in [5, 5.41) is 9.16. The zero-order chi connectivity index (χ0) is 57.6. The zero-order valence-corrected chi connectivity index (χ0v) is 47.1. The molecule has 28 heteroatoms. The lowest BCUT2D eigenvalue weighted by molar-refractivity contribution is -0.437. The number of fused-ring (bicyclic) bond motifs is 6. The second kappa shape index (κ2) is 24.8. The summed E-state index contributed by atoms with van der Waals surface area (Å²) >= 11 is 0. The molecule has 2 aliphatic rings. The third-order valence-corrected chi connectivity index (χ3v) is 18.0. The van der Waals surface area contributed by atoms with Gasteiger partial charge in [0, 0.05) is 86.7 Å². The van der Waals surface area contributed by atoms with Crippen LogP contribution in [-0.2, 0) is 85.2 Å². The molecule has 78 heavy (non-hydrogen) atoms. The molecule has 0 fully saturated rings. The van der Waals surface area contributed by atoms with Crippen molar-refractivity contribution in [3.05, 3.63) is 95.7 Å². The summed E-state index contributed by atoms with van der Waals surface area (Å²) in [6, 6.07) is 9.22. The van der Waals surface area contributed by atoms with Crippen molar-refractivity contribution in [1.82, 2.24) is 0 Å². The molecule has 5 N–H and O–H groups in total. The minimum absolute atomic E-state index is 0.00337. The van der Waals surface area contributed by atoms with Gasteiger partial charge in [-0.15, -0.1) is 0 Å². The van der Waals surface area contributed by atoms with Gasteiger partial charge >= 0.3 is 5.97 Å². The van der Waals surface area contributed by atoms with Gasteiger partial charge in [-0.05, 0) is 104 Å². The first-order valence-corrected chi connectivity index (χ1v) is 31.6. The van der Waals surface area contributed by atoms with Crippen LogP contribution >= 0.6 is 0 Å². The summed E-state index contributed by atoms with van der Waals surface area (Å²) < 4.78 is 203. The molecular weight excluding hydrogens is 1120 g/mol. The molecule has 0 aromatic heterocycles. The monoisotopic (exact) mass is 1190 g/mol. The van der Waals surface area contributed by atoms with Crippen molar-refractivity contribution in [3.63, 3.8) is 0 Å². The first-order valence-electron chi connectivity index (χ1n) is 24.3. The van der Waals surface area contributed by atoms with Gasteiger partial charge in [-0.25, -0.2) is 8.42 Å². The van der Waals surface area contributed by atoms with Crippen LogP contribution in [0.5, 0.6) is 0 Å². The second-order valence-electron chi connectivity index (χ2n) is 19.0. The Morgan fingerprint density at radius 1 is 0.641 bits per heavy atom. The summed E-state index contributed by atoms with van der Waals surface area (Å²) in [6.07, 6.45) is 9.71. The van der Waals surface area contributed by atoms with E-state index in [4.69, 9.17) is 18.9 Å². The van der Waals surface area contributed by atoms with E-state index in [9.17, 15) is 74.8 Å². The molecule has 0 saturated heterocycles. The summed E-state index contributed by atoms with van der Waals surface area (Å²) in [7, 11) is -22.1. The summed E-state index contributed by atoms with van der Waals surface area (Å²) in [5.74, 6) is -1.64. The Balaban J connectivity index is 1.57. The molecule has 0 bridgehead atoms. The van der Waals surface area contributed by atoms with Crippen LogP contribution in [0.3, 0.4) is 0 Å². The molecular formula is C50H62N2O21S5. The van der Waals surface area contributed by atoms with Gasteiger partial charge in [0.2, 0.25) is 5.69 Å². The summed E-state index contributed by atoms with van der Waals surface area (Å²) in [4.78, 5) is 9.94. The van der Waals surface area contributed by atoms with E-state index in [1.807, 2.05) is 11.8 Å². The number of carbonyl (C=O) groups is 1. The minimum atomic E-state index is -5.34. The van der Waals surface area contributed by atoms with Crippen molar-refractivity contribution in [2.45, 2.75) is 89.2 Å². The highest BCUT2D eigenvalue weighted by atomic mass is 32.2. The number of methoxy groups -OCH3 is 2. The minimum Gasteiger partial charge on any atom is -0.744 e. The maximum atomic E-state index is 12.8. The average Bonchev–Trinajstić information content (AvgIpc) is 3.99. The molecule has 23 nitrogen and oxygen atoms in total. The normalized spacial score (nSPS) is 18.9. The van der Waals surface area contributed by atoms with Gasteiger partial charge in [0.25, 0.3) is 40.5 Å². The number of rotatable bonds is 29. The number of benzene rings is 4. The first kappa shape index (κ1) is 62.2. The third-order valence-electron chi connectivity index (χ3n) is 13.8. The van der Waals surface area contributed by atoms with Gasteiger partial charge in [0.15, 0.2) is 5.71 Å². The van der Waals surface area contributed by atoms with E-state index >= 15 is 0 Å². The second-order valence-corrected chi connectivity index (χ2v) is 26.2. The fourth-order valence-corrected chi connectivity index (χ4v) is 13.4. The predicted octanol–water partition coefficient (Wildman–Crippen LogP) is 5.80. The molecule has 2 atom stereocenters. The highest BCUT2D eigenvalue weighted by Gasteiger charge is 2.49. The molecule has 0 aliphatic carbocycles. The Morgan fingerprint density at radius 2 is 1.21 bits per heavy atom. The third kappa shape index (κ3) is 14.3. The number of nitrogens with zero attached hydrogens (tertiary/aromatic N) is 2. The highest BCUT2D eigenvalue weighted by molar-refractivity contribution is 7.87. The van der Waals surface area contributed by atoms with Crippen LogP contribution < -0.4 is 4.90 Å². The number of carboxylic acid groups (broad SMARTS) is 1. The van der Waals surface area contributed by atoms with Gasteiger partial charge in [-0.2, -0.15) is 38.2 Å². The Kier molecular flexibility index (Phi) is 19.7. The van der Waals surface area contributed by atoms with Crippen LogP contribution in [0.2, 0.25) is 0 Å². The molecule has 0 amide bonds. The van der Waals surface area contributed by atoms with Crippen LogP contribution in [0.1, 0.15) is 69.9 Å². The fourth-order valence-electron chi connectivity index (χ4n) is 10.2. The Morgan fingerprint density at radius 3 is 1.76 bits per heavy atom. The van der Waals surface area contributed by atoms with Crippen molar-refractivity contribution in [3.8, 4) is 0 Å². The highest BCUT2D eigenvalue weighted by Crippen LogP contribution is 2.54. The van der Waals surface area contributed by atoms with Crippen LogP contribution in [0, 0.1) is 0 Å². The Bertz CT molecular complexity index is 3670.